The first-order valence-corrected chi connectivity index (χ1v) is 8.46. The largest absolute Gasteiger partial charge is 0.494 e. The molecule has 0 aliphatic heterocycles. The van der Waals surface area contributed by atoms with Crippen molar-refractivity contribution in [3.8, 4) is 5.75 Å². The van der Waals surface area contributed by atoms with Crippen molar-refractivity contribution < 1.29 is 9.53 Å². The number of amides is 2. The van der Waals surface area contributed by atoms with Crippen molar-refractivity contribution in [1.82, 2.24) is 24.4 Å². The van der Waals surface area contributed by atoms with Gasteiger partial charge in [-0.2, -0.15) is 0 Å². The lowest BCUT2D eigenvalue weighted by Crippen LogP contribution is -2.37. The summed E-state index contributed by atoms with van der Waals surface area (Å²) in [7, 11) is 4.89. The summed E-state index contributed by atoms with van der Waals surface area (Å²) in [5, 5.41) is 5.65. The minimum atomic E-state index is -0.370. The fourth-order valence-electron chi connectivity index (χ4n) is 2.97. The van der Waals surface area contributed by atoms with Gasteiger partial charge in [0.2, 0.25) is 0 Å². The zero-order valence-electron chi connectivity index (χ0n) is 15.7. The Morgan fingerprint density at radius 1 is 1.22 bits per heavy atom. The highest BCUT2D eigenvalue weighted by Gasteiger charge is 2.16. The number of hydrogen-bond donors (Lipinski definition) is 2. The molecule has 0 saturated carbocycles. The first-order chi connectivity index (χ1) is 12.9. The van der Waals surface area contributed by atoms with Crippen molar-refractivity contribution in [2.24, 2.45) is 14.1 Å². The molecule has 3 rings (SSSR count). The van der Waals surface area contributed by atoms with Gasteiger partial charge in [-0.1, -0.05) is 0 Å². The molecule has 0 aliphatic rings. The Balaban J connectivity index is 1.78. The number of nitrogens with one attached hydrogen (secondary N) is 2. The molecule has 2 aromatic heterocycles. The number of fused-ring (bicyclic) bond motifs is 1. The van der Waals surface area contributed by atoms with Gasteiger partial charge < -0.3 is 15.4 Å². The van der Waals surface area contributed by atoms with Crippen LogP contribution in [0.25, 0.3) is 11.0 Å². The Morgan fingerprint density at radius 2 is 1.93 bits per heavy atom. The van der Waals surface area contributed by atoms with E-state index in [-0.39, 0.29) is 17.8 Å². The predicted octanol–water partition coefficient (Wildman–Crippen LogP) is 1.43. The Kier molecular flexibility index (Phi) is 5.11. The topological polar surface area (TPSA) is 103 Å². The van der Waals surface area contributed by atoms with Crippen LogP contribution >= 0.6 is 0 Å². The number of urea groups is 1. The highest BCUT2D eigenvalue weighted by molar-refractivity contribution is 5.94. The van der Waals surface area contributed by atoms with Gasteiger partial charge in [-0.25, -0.2) is 9.59 Å². The molecule has 0 fully saturated rings. The van der Waals surface area contributed by atoms with E-state index in [1.165, 1.54) is 16.2 Å². The van der Waals surface area contributed by atoms with Crippen molar-refractivity contribution in [2.75, 3.05) is 12.4 Å². The van der Waals surface area contributed by atoms with Gasteiger partial charge in [-0.3, -0.25) is 19.1 Å². The van der Waals surface area contributed by atoms with Crippen molar-refractivity contribution in [3.63, 3.8) is 0 Å². The average molecular weight is 370 g/mol. The number of imidazole rings is 1. The maximum absolute atomic E-state index is 12.4. The van der Waals surface area contributed by atoms with E-state index >= 15 is 0 Å². The van der Waals surface area contributed by atoms with Crippen LogP contribution in [0.5, 0.6) is 5.75 Å². The molecular formula is C18H22N6O3. The normalized spacial score (nSPS) is 12.0. The van der Waals surface area contributed by atoms with E-state index in [9.17, 15) is 9.59 Å². The number of aryl methyl sites for hydroxylation is 2. The van der Waals surface area contributed by atoms with Crippen molar-refractivity contribution in [1.29, 1.82) is 0 Å². The van der Waals surface area contributed by atoms with Gasteiger partial charge in [0.25, 0.3) is 0 Å². The Hall–Kier alpha value is -3.36. The summed E-state index contributed by atoms with van der Waals surface area (Å²) in [6.07, 6.45) is 5.45. The van der Waals surface area contributed by atoms with Crippen LogP contribution in [0.1, 0.15) is 12.6 Å². The lowest BCUT2D eigenvalue weighted by Gasteiger charge is -2.16. The molecule has 2 heterocycles. The third-order valence-corrected chi connectivity index (χ3v) is 4.35. The first kappa shape index (κ1) is 18.4. The molecule has 0 aliphatic carbocycles. The SMILES string of the molecule is COc1cc2c(cc1NC(=O)N[C@@H](C)Cc1cnccn1)n(C)c(=O)n2C. The number of methoxy groups -OCH3 is 1. The monoisotopic (exact) mass is 370 g/mol. The number of ether oxygens (including phenoxy) is 1. The molecule has 142 valence electrons. The van der Waals surface area contributed by atoms with Gasteiger partial charge in [0.15, 0.2) is 0 Å². The molecule has 0 spiro atoms. The second-order valence-corrected chi connectivity index (χ2v) is 6.34. The Labute approximate surface area is 156 Å². The molecule has 9 heteroatoms. The molecule has 27 heavy (non-hydrogen) atoms. The summed E-state index contributed by atoms with van der Waals surface area (Å²) in [4.78, 5) is 32.7. The summed E-state index contributed by atoms with van der Waals surface area (Å²) in [5.41, 5.74) is 2.55. The van der Waals surface area contributed by atoms with Gasteiger partial charge in [-0.05, 0) is 13.0 Å². The van der Waals surface area contributed by atoms with Crippen LogP contribution < -0.4 is 21.1 Å². The molecule has 1 aromatic carbocycles. The van der Waals surface area contributed by atoms with Gasteiger partial charge >= 0.3 is 11.7 Å². The number of aromatic nitrogens is 4. The van der Waals surface area contributed by atoms with E-state index in [4.69, 9.17) is 4.74 Å². The third kappa shape index (κ3) is 3.76. The number of carbonyl (C=O) groups excluding carboxylic acids is 1. The van der Waals surface area contributed by atoms with E-state index < -0.39 is 0 Å². The van der Waals surface area contributed by atoms with Crippen molar-refractivity contribution in [2.45, 2.75) is 19.4 Å². The van der Waals surface area contributed by atoms with E-state index in [0.29, 0.717) is 23.4 Å². The molecule has 0 bridgehead atoms. The van der Waals surface area contributed by atoms with E-state index in [1.54, 1.807) is 44.8 Å². The number of rotatable bonds is 5. The number of nitrogens with zero attached hydrogens (tertiary/aromatic N) is 4. The lowest BCUT2D eigenvalue weighted by molar-refractivity contribution is 0.249. The maximum atomic E-state index is 12.4. The van der Waals surface area contributed by atoms with Crippen LogP contribution in [0.4, 0.5) is 10.5 Å². The number of hydrogen-bond acceptors (Lipinski definition) is 5. The molecule has 0 saturated heterocycles. The summed E-state index contributed by atoms with van der Waals surface area (Å²) in [6, 6.07) is 2.94. The highest BCUT2D eigenvalue weighted by Crippen LogP contribution is 2.29. The Morgan fingerprint density at radius 3 is 2.56 bits per heavy atom. The minimum absolute atomic E-state index is 0.141. The van der Waals surface area contributed by atoms with Gasteiger partial charge in [0.05, 0.1) is 29.5 Å². The summed E-state index contributed by atoms with van der Waals surface area (Å²) in [6.45, 7) is 1.88. The van der Waals surface area contributed by atoms with Crippen LogP contribution in [0, 0.1) is 0 Å². The second kappa shape index (κ2) is 7.48. The minimum Gasteiger partial charge on any atom is -0.494 e. The zero-order valence-corrected chi connectivity index (χ0v) is 15.7. The maximum Gasteiger partial charge on any atom is 0.328 e. The molecule has 2 amide bonds. The van der Waals surface area contributed by atoms with Crippen molar-refractivity contribution >= 4 is 22.8 Å². The molecule has 1 atom stereocenters. The number of anilines is 1. The Bertz CT molecular complexity index is 1020. The quantitative estimate of drug-likeness (QED) is 0.707. The van der Waals surface area contributed by atoms with Crippen LogP contribution in [0.3, 0.4) is 0 Å². The summed E-state index contributed by atoms with van der Waals surface area (Å²) >= 11 is 0. The molecule has 9 nitrogen and oxygen atoms in total. The average Bonchev–Trinajstić information content (AvgIpc) is 2.85. The molecule has 3 aromatic rings. The number of benzene rings is 1. The molecular weight excluding hydrogens is 348 g/mol. The van der Waals surface area contributed by atoms with E-state index in [0.717, 1.165) is 11.2 Å². The van der Waals surface area contributed by atoms with Crippen LogP contribution in [0.15, 0.2) is 35.5 Å². The van der Waals surface area contributed by atoms with Crippen LogP contribution in [-0.4, -0.2) is 38.3 Å². The van der Waals surface area contributed by atoms with Crippen LogP contribution in [0.2, 0.25) is 0 Å². The highest BCUT2D eigenvalue weighted by atomic mass is 16.5. The lowest BCUT2D eigenvalue weighted by atomic mass is 10.2. The molecule has 0 radical (unpaired) electrons. The summed E-state index contributed by atoms with van der Waals surface area (Å²) in [5.74, 6) is 0.473. The standard InChI is InChI=1S/C18H22N6O3/c1-11(7-12-10-19-5-6-20-12)21-17(25)22-13-8-14-15(9-16(13)27-4)24(3)18(26)23(14)2/h5-6,8-11H,7H2,1-4H3,(H2,21,22,25)/t11-/m0/s1. The van der Waals surface area contributed by atoms with Gasteiger partial charge in [-0.15, -0.1) is 0 Å². The van der Waals surface area contributed by atoms with Gasteiger partial charge in [0.1, 0.15) is 5.75 Å². The molecule has 0 unspecified atom stereocenters. The third-order valence-electron chi connectivity index (χ3n) is 4.35. The second-order valence-electron chi connectivity index (χ2n) is 6.34. The first-order valence-electron chi connectivity index (χ1n) is 8.46. The fourth-order valence-corrected chi connectivity index (χ4v) is 2.97. The van der Waals surface area contributed by atoms with E-state index in [2.05, 4.69) is 20.6 Å². The predicted molar refractivity (Wildman–Crippen MR) is 102 cm³/mol. The number of carbonyl (C=O) groups is 1. The van der Waals surface area contributed by atoms with Gasteiger partial charge in [0, 0.05) is 51.2 Å². The van der Waals surface area contributed by atoms with Crippen molar-refractivity contribution in [3.05, 3.63) is 46.9 Å². The summed E-state index contributed by atoms with van der Waals surface area (Å²) < 4.78 is 8.43. The van der Waals surface area contributed by atoms with Crippen LogP contribution in [-0.2, 0) is 20.5 Å². The molecule has 2 N–H and O–H groups in total. The fraction of sp³-hybridized carbons (Fsp3) is 0.333. The zero-order chi connectivity index (χ0) is 19.6. The van der Waals surface area contributed by atoms with E-state index in [1.807, 2.05) is 6.92 Å². The smallest absolute Gasteiger partial charge is 0.328 e.